The van der Waals surface area contributed by atoms with E-state index in [0.717, 1.165) is 34.4 Å². The number of fused-ring (bicyclic) bond motifs is 3. The minimum absolute atomic E-state index is 0.0298. The lowest BCUT2D eigenvalue weighted by Gasteiger charge is -2.18. The molecule has 0 saturated heterocycles. The Hall–Kier alpha value is -1.14. The van der Waals surface area contributed by atoms with E-state index in [1.165, 1.54) is 34.0 Å². The Bertz CT molecular complexity index is 696. The molecule has 112 valence electrons. The van der Waals surface area contributed by atoms with Gasteiger partial charge in [0.1, 0.15) is 15.7 Å². The summed E-state index contributed by atoms with van der Waals surface area (Å²) < 4.78 is 0. The summed E-state index contributed by atoms with van der Waals surface area (Å²) >= 11 is 3.33. The molecule has 1 N–H and O–H groups in total. The van der Waals surface area contributed by atoms with E-state index in [1.807, 2.05) is 6.92 Å². The smallest absolute Gasteiger partial charge is 0.230 e. The van der Waals surface area contributed by atoms with Crippen LogP contribution in [0.15, 0.2) is 5.03 Å². The van der Waals surface area contributed by atoms with Crippen molar-refractivity contribution in [2.24, 2.45) is 5.92 Å². The molecule has 2 aromatic rings. The van der Waals surface area contributed by atoms with Crippen molar-refractivity contribution in [3.05, 3.63) is 16.3 Å². The first-order chi connectivity index (χ1) is 10.1. The van der Waals surface area contributed by atoms with Gasteiger partial charge in [0.05, 0.1) is 5.75 Å². The quantitative estimate of drug-likeness (QED) is 0.697. The topological polar surface area (TPSA) is 54.9 Å². The molecule has 0 unspecified atom stereocenters. The number of thiophene rings is 1. The van der Waals surface area contributed by atoms with E-state index in [4.69, 9.17) is 0 Å². The summed E-state index contributed by atoms with van der Waals surface area (Å²) in [5, 5.41) is 4.82. The number of carbonyl (C=O) groups is 1. The summed E-state index contributed by atoms with van der Waals surface area (Å²) in [4.78, 5) is 23.2. The molecular formula is C15H19N3OS2. The third kappa shape index (κ3) is 2.92. The number of thioether (sulfide) groups is 1. The summed E-state index contributed by atoms with van der Waals surface area (Å²) in [6, 6.07) is 0. The van der Waals surface area contributed by atoms with Gasteiger partial charge < -0.3 is 5.32 Å². The molecule has 2 aromatic heterocycles. The van der Waals surface area contributed by atoms with E-state index in [1.54, 1.807) is 18.4 Å². The van der Waals surface area contributed by atoms with Crippen molar-refractivity contribution in [2.75, 3.05) is 12.8 Å². The van der Waals surface area contributed by atoms with Crippen LogP contribution < -0.4 is 5.32 Å². The van der Waals surface area contributed by atoms with E-state index in [9.17, 15) is 4.79 Å². The first-order valence-corrected chi connectivity index (χ1v) is 9.01. The molecule has 0 aromatic carbocycles. The van der Waals surface area contributed by atoms with Crippen LogP contribution in [0.3, 0.4) is 0 Å². The van der Waals surface area contributed by atoms with Crippen LogP contribution in [0, 0.1) is 12.8 Å². The standard InChI is InChI=1S/C15H19N3OS2/c1-8-4-5-10-11(6-8)21-15-13(10)14(17-9(2)18-15)20-7-12(19)16-3/h8H,4-7H2,1-3H3,(H,16,19)/t8-/m0/s1. The van der Waals surface area contributed by atoms with Gasteiger partial charge in [0.2, 0.25) is 5.91 Å². The number of hydrogen-bond acceptors (Lipinski definition) is 5. The molecule has 2 heterocycles. The van der Waals surface area contributed by atoms with E-state index < -0.39 is 0 Å². The fraction of sp³-hybridized carbons (Fsp3) is 0.533. The molecule has 0 bridgehead atoms. The molecule has 0 saturated carbocycles. The lowest BCUT2D eigenvalue weighted by Crippen LogP contribution is -2.19. The molecule has 0 fully saturated rings. The zero-order valence-corrected chi connectivity index (χ0v) is 14.2. The zero-order valence-electron chi connectivity index (χ0n) is 12.5. The van der Waals surface area contributed by atoms with Crippen molar-refractivity contribution in [2.45, 2.75) is 38.1 Å². The second-order valence-electron chi connectivity index (χ2n) is 5.57. The molecule has 1 amide bonds. The molecule has 1 aliphatic rings. The maximum atomic E-state index is 11.5. The predicted octanol–water partition coefficient (Wildman–Crippen LogP) is 2.96. The van der Waals surface area contributed by atoms with Crippen LogP contribution in [0.2, 0.25) is 0 Å². The van der Waals surface area contributed by atoms with Crippen molar-refractivity contribution < 1.29 is 4.79 Å². The van der Waals surface area contributed by atoms with Crippen molar-refractivity contribution in [3.8, 4) is 0 Å². The molecule has 1 aliphatic carbocycles. The van der Waals surface area contributed by atoms with Gasteiger partial charge in [-0.25, -0.2) is 9.97 Å². The lowest BCUT2D eigenvalue weighted by molar-refractivity contribution is -0.118. The van der Waals surface area contributed by atoms with Gasteiger partial charge in [0.15, 0.2) is 0 Å². The van der Waals surface area contributed by atoms with E-state index >= 15 is 0 Å². The summed E-state index contributed by atoms with van der Waals surface area (Å²) in [6.07, 6.45) is 3.48. The van der Waals surface area contributed by atoms with Crippen LogP contribution in [0.4, 0.5) is 0 Å². The van der Waals surface area contributed by atoms with Crippen molar-refractivity contribution >= 4 is 39.2 Å². The fourth-order valence-electron chi connectivity index (χ4n) is 2.72. The molecular weight excluding hydrogens is 302 g/mol. The molecule has 4 nitrogen and oxygen atoms in total. The monoisotopic (exact) mass is 321 g/mol. The first kappa shape index (κ1) is 14.8. The summed E-state index contributed by atoms with van der Waals surface area (Å²) in [6.45, 7) is 4.23. The largest absolute Gasteiger partial charge is 0.358 e. The summed E-state index contributed by atoms with van der Waals surface area (Å²) in [5.74, 6) is 1.97. The number of aryl methyl sites for hydroxylation is 2. The van der Waals surface area contributed by atoms with Crippen LogP contribution in [0.25, 0.3) is 10.2 Å². The number of hydrogen-bond donors (Lipinski definition) is 1. The highest BCUT2D eigenvalue weighted by Gasteiger charge is 2.23. The minimum Gasteiger partial charge on any atom is -0.358 e. The van der Waals surface area contributed by atoms with E-state index in [-0.39, 0.29) is 5.91 Å². The Kier molecular flexibility index (Phi) is 4.17. The number of carbonyl (C=O) groups excluding carboxylic acids is 1. The number of rotatable bonds is 3. The predicted molar refractivity (Wildman–Crippen MR) is 88.1 cm³/mol. The Morgan fingerprint density at radius 2 is 2.29 bits per heavy atom. The van der Waals surface area contributed by atoms with E-state index in [2.05, 4.69) is 22.2 Å². The molecule has 0 spiro atoms. The SMILES string of the molecule is CNC(=O)CSc1nc(C)nc2sc3c(c12)CC[C@H](C)C3. The molecule has 0 radical (unpaired) electrons. The summed E-state index contributed by atoms with van der Waals surface area (Å²) in [5.41, 5.74) is 1.42. The zero-order chi connectivity index (χ0) is 15.0. The first-order valence-electron chi connectivity index (χ1n) is 7.20. The highest BCUT2D eigenvalue weighted by molar-refractivity contribution is 8.00. The van der Waals surface area contributed by atoms with Crippen LogP contribution in [0.5, 0.6) is 0 Å². The second kappa shape index (κ2) is 5.93. The third-order valence-corrected chi connectivity index (χ3v) is 5.98. The highest BCUT2D eigenvalue weighted by atomic mass is 32.2. The minimum atomic E-state index is 0.0298. The van der Waals surface area contributed by atoms with Crippen molar-refractivity contribution in [3.63, 3.8) is 0 Å². The Morgan fingerprint density at radius 3 is 3.05 bits per heavy atom. The second-order valence-corrected chi connectivity index (χ2v) is 7.62. The molecule has 6 heteroatoms. The van der Waals surface area contributed by atoms with Crippen LogP contribution >= 0.6 is 23.1 Å². The van der Waals surface area contributed by atoms with Gasteiger partial charge in [-0.05, 0) is 37.7 Å². The van der Waals surface area contributed by atoms with Crippen LogP contribution in [0.1, 0.15) is 29.6 Å². The third-order valence-electron chi connectivity index (χ3n) is 3.85. The van der Waals surface area contributed by atoms with Gasteiger partial charge in [-0.3, -0.25) is 4.79 Å². The van der Waals surface area contributed by atoms with Gasteiger partial charge in [0.25, 0.3) is 0 Å². The molecule has 0 aliphatic heterocycles. The molecule has 1 atom stereocenters. The molecule has 21 heavy (non-hydrogen) atoms. The van der Waals surface area contributed by atoms with Crippen molar-refractivity contribution in [1.29, 1.82) is 0 Å². The maximum Gasteiger partial charge on any atom is 0.230 e. The average molecular weight is 321 g/mol. The fourth-order valence-corrected chi connectivity index (χ4v) is 5.19. The van der Waals surface area contributed by atoms with Crippen LogP contribution in [-0.2, 0) is 17.6 Å². The highest BCUT2D eigenvalue weighted by Crippen LogP contribution is 2.40. The Morgan fingerprint density at radius 1 is 1.48 bits per heavy atom. The van der Waals surface area contributed by atoms with Gasteiger partial charge in [-0.2, -0.15) is 0 Å². The van der Waals surface area contributed by atoms with E-state index in [0.29, 0.717) is 5.75 Å². The van der Waals surface area contributed by atoms with Crippen molar-refractivity contribution in [1.82, 2.24) is 15.3 Å². The lowest BCUT2D eigenvalue weighted by atomic mass is 9.89. The number of nitrogens with one attached hydrogen (secondary N) is 1. The summed E-state index contributed by atoms with van der Waals surface area (Å²) in [7, 11) is 1.66. The normalized spacial score (nSPS) is 17.8. The number of nitrogens with zero attached hydrogens (tertiary/aromatic N) is 2. The average Bonchev–Trinajstić information content (AvgIpc) is 2.80. The van der Waals surface area contributed by atoms with Gasteiger partial charge >= 0.3 is 0 Å². The maximum absolute atomic E-state index is 11.5. The number of amides is 1. The van der Waals surface area contributed by atoms with Gasteiger partial charge in [-0.1, -0.05) is 18.7 Å². The van der Waals surface area contributed by atoms with Gasteiger partial charge in [-0.15, -0.1) is 11.3 Å². The van der Waals surface area contributed by atoms with Crippen LogP contribution in [-0.4, -0.2) is 28.7 Å². The van der Waals surface area contributed by atoms with Gasteiger partial charge in [0, 0.05) is 17.3 Å². The molecule has 3 rings (SSSR count). The number of aromatic nitrogens is 2. The Balaban J connectivity index is 2.04. The Labute approximate surface area is 132 Å².